The average molecular weight is 256 g/mol. The molecular formula is C16H16OS. The Labute approximate surface area is 112 Å². The van der Waals surface area contributed by atoms with Crippen LogP contribution in [0.4, 0.5) is 0 Å². The molecule has 0 radical (unpaired) electrons. The first-order valence-electron chi connectivity index (χ1n) is 6.09. The minimum Gasteiger partial charge on any atom is -0.286 e. The van der Waals surface area contributed by atoms with Gasteiger partial charge in [-0.15, -0.1) is 0 Å². The predicted octanol–water partition coefficient (Wildman–Crippen LogP) is 4.10. The molecule has 2 aromatic rings. The van der Waals surface area contributed by atoms with Gasteiger partial charge in [0.15, 0.2) is 0 Å². The highest BCUT2D eigenvalue weighted by Gasteiger charge is 2.21. The zero-order valence-corrected chi connectivity index (χ0v) is 11.2. The van der Waals surface area contributed by atoms with Crippen LogP contribution in [0.3, 0.4) is 0 Å². The van der Waals surface area contributed by atoms with Crippen molar-refractivity contribution in [2.45, 2.75) is 12.8 Å². The second-order valence-electron chi connectivity index (χ2n) is 4.01. The lowest BCUT2D eigenvalue weighted by molar-refractivity contribution is -0.111. The third kappa shape index (κ3) is 3.02. The minimum absolute atomic E-state index is 0.155. The summed E-state index contributed by atoms with van der Waals surface area (Å²) >= 11 is 1.39. The minimum atomic E-state index is -0.155. The van der Waals surface area contributed by atoms with Crippen LogP contribution in [0.1, 0.15) is 24.0 Å². The molecule has 2 rings (SSSR count). The molecule has 2 aromatic carbocycles. The molecule has 0 aliphatic carbocycles. The van der Waals surface area contributed by atoms with Crippen molar-refractivity contribution in [3.8, 4) is 0 Å². The molecule has 0 amide bonds. The van der Waals surface area contributed by atoms with Crippen LogP contribution in [0.5, 0.6) is 0 Å². The summed E-state index contributed by atoms with van der Waals surface area (Å²) in [6.07, 6.45) is 0. The van der Waals surface area contributed by atoms with Gasteiger partial charge in [-0.3, -0.25) is 4.79 Å². The number of hydrogen-bond acceptors (Lipinski definition) is 2. The van der Waals surface area contributed by atoms with Gasteiger partial charge in [-0.05, 0) is 16.9 Å². The maximum atomic E-state index is 12.3. The van der Waals surface area contributed by atoms with Crippen molar-refractivity contribution in [3.63, 3.8) is 0 Å². The summed E-state index contributed by atoms with van der Waals surface area (Å²) in [4.78, 5) is 12.3. The molecule has 0 aliphatic heterocycles. The topological polar surface area (TPSA) is 17.1 Å². The maximum absolute atomic E-state index is 12.3. The summed E-state index contributed by atoms with van der Waals surface area (Å²) in [6, 6.07) is 20.0. The van der Waals surface area contributed by atoms with Gasteiger partial charge in [0, 0.05) is 0 Å². The fraction of sp³-hybridized carbons (Fsp3) is 0.188. The summed E-state index contributed by atoms with van der Waals surface area (Å²) in [5, 5.41) is 0.218. The van der Waals surface area contributed by atoms with Crippen molar-refractivity contribution in [3.05, 3.63) is 71.8 Å². The Kier molecular flexibility index (Phi) is 4.59. The van der Waals surface area contributed by atoms with Gasteiger partial charge in [0.1, 0.15) is 0 Å². The lowest BCUT2D eigenvalue weighted by atomic mass is 9.92. The van der Waals surface area contributed by atoms with Crippen molar-refractivity contribution >= 4 is 16.9 Å². The second-order valence-corrected chi connectivity index (χ2v) is 5.27. The van der Waals surface area contributed by atoms with Gasteiger partial charge in [-0.25, -0.2) is 0 Å². The second kappa shape index (κ2) is 6.41. The Morgan fingerprint density at radius 2 is 1.39 bits per heavy atom. The van der Waals surface area contributed by atoms with Crippen molar-refractivity contribution in [1.82, 2.24) is 0 Å². The van der Waals surface area contributed by atoms with Crippen molar-refractivity contribution in [2.75, 3.05) is 5.75 Å². The number of carbonyl (C=O) groups excluding carboxylic acids is 1. The smallest absolute Gasteiger partial charge is 0.200 e. The summed E-state index contributed by atoms with van der Waals surface area (Å²) in [5.74, 6) is 0.659. The van der Waals surface area contributed by atoms with Crippen molar-refractivity contribution < 1.29 is 4.79 Å². The molecule has 92 valence electrons. The van der Waals surface area contributed by atoms with Crippen molar-refractivity contribution in [2.24, 2.45) is 0 Å². The number of carbonyl (C=O) groups is 1. The maximum Gasteiger partial charge on any atom is 0.200 e. The van der Waals surface area contributed by atoms with E-state index in [1.807, 2.05) is 67.6 Å². The molecule has 0 unspecified atom stereocenters. The SMILES string of the molecule is CCSC(=O)C(c1ccccc1)c1ccccc1. The Balaban J connectivity index is 2.38. The van der Waals surface area contributed by atoms with Crippen LogP contribution in [0.15, 0.2) is 60.7 Å². The third-order valence-electron chi connectivity index (χ3n) is 2.79. The lowest BCUT2D eigenvalue weighted by Crippen LogP contribution is -2.11. The van der Waals surface area contributed by atoms with E-state index in [9.17, 15) is 4.79 Å². The highest BCUT2D eigenvalue weighted by Crippen LogP contribution is 2.29. The fourth-order valence-electron chi connectivity index (χ4n) is 1.98. The van der Waals surface area contributed by atoms with Crippen LogP contribution in [0, 0.1) is 0 Å². The summed E-state index contributed by atoms with van der Waals surface area (Å²) in [7, 11) is 0. The van der Waals surface area contributed by atoms with Gasteiger partial charge < -0.3 is 0 Å². The van der Waals surface area contributed by atoms with E-state index in [4.69, 9.17) is 0 Å². The molecule has 0 spiro atoms. The Hall–Kier alpha value is -1.54. The van der Waals surface area contributed by atoms with E-state index >= 15 is 0 Å². The first-order valence-corrected chi connectivity index (χ1v) is 7.08. The van der Waals surface area contributed by atoms with Gasteiger partial charge in [-0.1, -0.05) is 79.3 Å². The molecule has 0 saturated carbocycles. The monoisotopic (exact) mass is 256 g/mol. The Morgan fingerprint density at radius 3 is 1.78 bits per heavy atom. The molecule has 0 atom stereocenters. The third-order valence-corrected chi connectivity index (χ3v) is 3.60. The molecule has 0 fully saturated rings. The van der Waals surface area contributed by atoms with E-state index < -0.39 is 0 Å². The van der Waals surface area contributed by atoms with Crippen molar-refractivity contribution in [1.29, 1.82) is 0 Å². The molecule has 1 nitrogen and oxygen atoms in total. The van der Waals surface area contributed by atoms with Crippen LogP contribution in [0.2, 0.25) is 0 Å². The van der Waals surface area contributed by atoms with E-state index in [-0.39, 0.29) is 11.0 Å². The van der Waals surface area contributed by atoms with Gasteiger partial charge in [0.05, 0.1) is 5.92 Å². The number of rotatable bonds is 4. The van der Waals surface area contributed by atoms with E-state index in [0.29, 0.717) is 0 Å². The number of thioether (sulfide) groups is 1. The van der Waals surface area contributed by atoms with Crippen LogP contribution in [0.25, 0.3) is 0 Å². The van der Waals surface area contributed by atoms with Crippen LogP contribution >= 0.6 is 11.8 Å². The average Bonchev–Trinajstić information content (AvgIpc) is 2.42. The van der Waals surface area contributed by atoms with E-state index in [1.165, 1.54) is 11.8 Å². The molecule has 0 bridgehead atoms. The van der Waals surface area contributed by atoms with Crippen LogP contribution < -0.4 is 0 Å². The summed E-state index contributed by atoms with van der Waals surface area (Å²) in [5.41, 5.74) is 2.13. The zero-order valence-electron chi connectivity index (χ0n) is 10.4. The number of hydrogen-bond donors (Lipinski definition) is 0. The van der Waals surface area contributed by atoms with Gasteiger partial charge in [-0.2, -0.15) is 0 Å². The largest absolute Gasteiger partial charge is 0.286 e. The van der Waals surface area contributed by atoms with Gasteiger partial charge in [0.25, 0.3) is 0 Å². The molecule has 0 aromatic heterocycles. The highest BCUT2D eigenvalue weighted by atomic mass is 32.2. The van der Waals surface area contributed by atoms with Crippen LogP contribution in [-0.2, 0) is 4.79 Å². The fourth-order valence-corrected chi connectivity index (χ4v) is 2.70. The Morgan fingerprint density at radius 1 is 0.944 bits per heavy atom. The van der Waals surface area contributed by atoms with E-state index in [0.717, 1.165) is 16.9 Å². The highest BCUT2D eigenvalue weighted by molar-refractivity contribution is 8.13. The van der Waals surface area contributed by atoms with Crippen LogP contribution in [-0.4, -0.2) is 10.9 Å². The standard InChI is InChI=1S/C16H16OS/c1-2-18-16(17)15(13-9-5-3-6-10-13)14-11-7-4-8-12-14/h3-12,15H,2H2,1H3. The molecule has 18 heavy (non-hydrogen) atoms. The van der Waals surface area contributed by atoms with E-state index in [2.05, 4.69) is 0 Å². The summed E-state index contributed by atoms with van der Waals surface area (Å²) in [6.45, 7) is 2.01. The number of benzene rings is 2. The first-order chi connectivity index (χ1) is 8.83. The van der Waals surface area contributed by atoms with Gasteiger partial charge in [0.2, 0.25) is 5.12 Å². The first kappa shape index (κ1) is 12.9. The van der Waals surface area contributed by atoms with E-state index in [1.54, 1.807) is 0 Å². The zero-order chi connectivity index (χ0) is 12.8. The Bertz CT molecular complexity index is 454. The molecule has 2 heteroatoms. The molecule has 0 heterocycles. The lowest BCUT2D eigenvalue weighted by Gasteiger charge is -2.15. The molecule has 0 saturated heterocycles. The normalized spacial score (nSPS) is 10.6. The molecule has 0 N–H and O–H groups in total. The quantitative estimate of drug-likeness (QED) is 0.819. The molecule has 0 aliphatic rings. The van der Waals surface area contributed by atoms with Gasteiger partial charge >= 0.3 is 0 Å². The molecular weight excluding hydrogens is 240 g/mol. The summed E-state index contributed by atoms with van der Waals surface area (Å²) < 4.78 is 0. The predicted molar refractivity (Wildman–Crippen MR) is 77.9 cm³/mol.